The number of hydrogen-bond acceptors (Lipinski definition) is 8. The van der Waals surface area contributed by atoms with E-state index in [0.29, 0.717) is 17.6 Å². The van der Waals surface area contributed by atoms with Crippen molar-refractivity contribution in [1.29, 1.82) is 0 Å². The molecule has 0 saturated heterocycles. The first-order valence-electron chi connectivity index (χ1n) is 11.8. The van der Waals surface area contributed by atoms with Crippen molar-refractivity contribution in [2.24, 2.45) is 0 Å². The maximum Gasteiger partial charge on any atom is 0.265 e. The maximum atomic E-state index is 13.4. The Bertz CT molecular complexity index is 1790. The summed E-state index contributed by atoms with van der Waals surface area (Å²) in [5, 5.41) is 32.9. The van der Waals surface area contributed by atoms with Gasteiger partial charge in [-0.15, -0.1) is 0 Å². The Morgan fingerprint density at radius 2 is 1.79 bits per heavy atom. The van der Waals surface area contributed by atoms with E-state index in [0.717, 1.165) is 0 Å². The zero-order chi connectivity index (χ0) is 26.8. The second kappa shape index (κ2) is 10.1. The van der Waals surface area contributed by atoms with Crippen LogP contribution in [0.25, 0.3) is 16.6 Å². The van der Waals surface area contributed by atoms with Crippen molar-refractivity contribution in [3.8, 4) is 17.4 Å². The van der Waals surface area contributed by atoms with E-state index in [1.807, 2.05) is 0 Å². The molecule has 192 valence electrons. The first kappa shape index (κ1) is 24.6. The number of nitrogens with zero attached hydrogens (tertiary/aromatic N) is 2. The summed E-state index contributed by atoms with van der Waals surface area (Å²) >= 11 is 0. The van der Waals surface area contributed by atoms with E-state index in [9.17, 15) is 29.7 Å². The molecule has 4 N–H and O–H groups in total. The number of phenolic OH excluding ortho intramolecular Hbond substituents is 2. The van der Waals surface area contributed by atoms with Crippen LogP contribution in [-0.4, -0.2) is 37.2 Å². The Kier molecular flexibility index (Phi) is 6.53. The molecule has 0 aliphatic carbocycles. The molecule has 0 radical (unpaired) electrons. The summed E-state index contributed by atoms with van der Waals surface area (Å²) in [5.41, 5.74) is 0.0345. The van der Waals surface area contributed by atoms with Gasteiger partial charge in [0, 0.05) is 30.6 Å². The quantitative estimate of drug-likeness (QED) is 0.242. The summed E-state index contributed by atoms with van der Waals surface area (Å²) in [7, 11) is 0. The fourth-order valence-electron chi connectivity index (χ4n) is 4.43. The van der Waals surface area contributed by atoms with Crippen molar-refractivity contribution >= 4 is 22.5 Å². The van der Waals surface area contributed by atoms with Crippen molar-refractivity contribution < 1.29 is 24.5 Å². The van der Waals surface area contributed by atoms with Crippen LogP contribution in [0.1, 0.15) is 29.0 Å². The number of amides is 1. The topological polar surface area (TPSA) is 154 Å². The minimum Gasteiger partial charge on any atom is -0.504 e. The van der Waals surface area contributed by atoms with Crippen molar-refractivity contribution in [1.82, 2.24) is 14.7 Å². The van der Waals surface area contributed by atoms with E-state index in [1.54, 1.807) is 48.5 Å². The lowest BCUT2D eigenvalue weighted by Gasteiger charge is -2.18. The van der Waals surface area contributed by atoms with Crippen LogP contribution in [-0.2, 0) is 11.2 Å². The van der Waals surface area contributed by atoms with Crippen LogP contribution in [0.2, 0.25) is 0 Å². The normalized spacial score (nSPS) is 12.0. The van der Waals surface area contributed by atoms with Gasteiger partial charge < -0.3 is 25.1 Å². The van der Waals surface area contributed by atoms with Crippen molar-refractivity contribution in [2.45, 2.75) is 18.8 Å². The molecule has 2 aromatic carbocycles. The standard InChI is InChI=1S/C28H23N3O7/c32-20-9-8-16(13-21(20)33)10-11-29-24(34)14-18(19-15-38-22-6-2-1-5-17(22)26(19)35)25-27(36)30-23-7-3-4-12-31(23)28(25)37/h1-9,12-13,15,18,32-33,36H,10-11,14H2,(H,29,34). The number of aromatic hydroxyl groups is 3. The van der Waals surface area contributed by atoms with E-state index in [4.69, 9.17) is 4.42 Å². The van der Waals surface area contributed by atoms with Gasteiger partial charge in [0.2, 0.25) is 11.8 Å². The first-order valence-corrected chi connectivity index (χ1v) is 11.8. The zero-order valence-corrected chi connectivity index (χ0v) is 20.0. The second-order valence-electron chi connectivity index (χ2n) is 8.78. The SMILES string of the molecule is O=C(CC(c1coc2ccccc2c1=O)c1c(O)nc2ccccn2c1=O)NCCc1ccc(O)c(O)c1. The Balaban J connectivity index is 1.51. The lowest BCUT2D eigenvalue weighted by molar-refractivity contribution is -0.121. The summed E-state index contributed by atoms with van der Waals surface area (Å²) in [4.78, 5) is 44.0. The number of para-hydroxylation sites is 1. The number of nitrogens with one attached hydrogen (secondary N) is 1. The van der Waals surface area contributed by atoms with E-state index in [2.05, 4.69) is 10.3 Å². The molecule has 5 aromatic rings. The predicted molar refractivity (Wildman–Crippen MR) is 139 cm³/mol. The maximum absolute atomic E-state index is 13.4. The number of carbonyl (C=O) groups is 1. The van der Waals surface area contributed by atoms with Crippen LogP contribution in [0, 0.1) is 0 Å². The van der Waals surface area contributed by atoms with Gasteiger partial charge in [-0.3, -0.25) is 18.8 Å². The van der Waals surface area contributed by atoms with Gasteiger partial charge >= 0.3 is 0 Å². The molecule has 0 aliphatic heterocycles. The molecule has 10 nitrogen and oxygen atoms in total. The molecular weight excluding hydrogens is 490 g/mol. The summed E-state index contributed by atoms with van der Waals surface area (Å²) in [6.07, 6.45) is 2.71. The Morgan fingerprint density at radius 3 is 2.61 bits per heavy atom. The van der Waals surface area contributed by atoms with Crippen molar-refractivity contribution in [2.75, 3.05) is 6.54 Å². The Hall–Kier alpha value is -5.12. The number of phenols is 2. The third kappa shape index (κ3) is 4.66. The van der Waals surface area contributed by atoms with Gasteiger partial charge in [-0.05, 0) is 48.4 Å². The molecule has 0 spiro atoms. The lowest BCUT2D eigenvalue weighted by atomic mass is 9.89. The molecule has 1 amide bonds. The fraction of sp³-hybridized carbons (Fsp3) is 0.143. The van der Waals surface area contributed by atoms with Crippen LogP contribution >= 0.6 is 0 Å². The number of benzene rings is 2. The van der Waals surface area contributed by atoms with Gasteiger partial charge in [0.25, 0.3) is 5.56 Å². The highest BCUT2D eigenvalue weighted by Gasteiger charge is 2.29. The van der Waals surface area contributed by atoms with Crippen LogP contribution in [0.5, 0.6) is 17.4 Å². The summed E-state index contributed by atoms with van der Waals surface area (Å²) in [6, 6.07) is 15.8. The minimum absolute atomic E-state index is 0.0346. The lowest BCUT2D eigenvalue weighted by Crippen LogP contribution is -2.31. The summed E-state index contributed by atoms with van der Waals surface area (Å²) in [6.45, 7) is 0.184. The highest BCUT2D eigenvalue weighted by atomic mass is 16.3. The third-order valence-corrected chi connectivity index (χ3v) is 6.34. The number of hydrogen-bond donors (Lipinski definition) is 4. The molecule has 0 fully saturated rings. The molecule has 0 saturated carbocycles. The predicted octanol–water partition coefficient (Wildman–Crippen LogP) is 2.80. The highest BCUT2D eigenvalue weighted by molar-refractivity contribution is 5.79. The van der Waals surface area contributed by atoms with Gasteiger partial charge in [-0.25, -0.2) is 0 Å². The monoisotopic (exact) mass is 513 g/mol. The summed E-state index contributed by atoms with van der Waals surface area (Å²) in [5.74, 6) is -2.72. The molecule has 1 atom stereocenters. The number of rotatable bonds is 7. The molecule has 3 heterocycles. The van der Waals surface area contributed by atoms with Gasteiger partial charge in [-0.1, -0.05) is 24.3 Å². The van der Waals surface area contributed by atoms with Gasteiger partial charge in [-0.2, -0.15) is 4.98 Å². The van der Waals surface area contributed by atoms with Gasteiger partial charge in [0.05, 0.1) is 17.2 Å². The van der Waals surface area contributed by atoms with Crippen LogP contribution < -0.4 is 16.3 Å². The second-order valence-corrected chi connectivity index (χ2v) is 8.78. The van der Waals surface area contributed by atoms with E-state index in [-0.39, 0.29) is 46.6 Å². The van der Waals surface area contributed by atoms with Crippen molar-refractivity contribution in [3.05, 3.63) is 110 Å². The van der Waals surface area contributed by atoms with Crippen molar-refractivity contribution in [3.63, 3.8) is 0 Å². The molecule has 0 bridgehead atoms. The molecule has 5 rings (SSSR count). The van der Waals surface area contributed by atoms with E-state index in [1.165, 1.54) is 29.0 Å². The van der Waals surface area contributed by atoms with Gasteiger partial charge in [0.15, 0.2) is 16.9 Å². The number of aromatic nitrogens is 2. The minimum atomic E-state index is -1.15. The molecule has 0 aliphatic rings. The van der Waals surface area contributed by atoms with Gasteiger partial charge in [0.1, 0.15) is 11.2 Å². The highest BCUT2D eigenvalue weighted by Crippen LogP contribution is 2.30. The molecular formula is C28H23N3O7. The van der Waals surface area contributed by atoms with Crippen LogP contribution in [0.15, 0.2) is 87.1 Å². The molecule has 38 heavy (non-hydrogen) atoms. The van der Waals surface area contributed by atoms with Crippen LogP contribution in [0.4, 0.5) is 0 Å². The molecule has 3 aromatic heterocycles. The Morgan fingerprint density at radius 1 is 1.00 bits per heavy atom. The average Bonchev–Trinajstić information content (AvgIpc) is 2.90. The van der Waals surface area contributed by atoms with E-state index < -0.39 is 28.7 Å². The summed E-state index contributed by atoms with van der Waals surface area (Å²) < 4.78 is 6.88. The number of carbonyl (C=O) groups excluding carboxylic acids is 1. The smallest absolute Gasteiger partial charge is 0.265 e. The number of pyridine rings is 1. The number of fused-ring (bicyclic) bond motifs is 2. The van der Waals surface area contributed by atoms with E-state index >= 15 is 0 Å². The molecule has 1 unspecified atom stereocenters. The molecule has 10 heteroatoms. The van der Waals surface area contributed by atoms with Crippen LogP contribution in [0.3, 0.4) is 0 Å². The third-order valence-electron chi connectivity index (χ3n) is 6.34. The fourth-order valence-corrected chi connectivity index (χ4v) is 4.43. The Labute approximate surface area is 215 Å². The zero-order valence-electron chi connectivity index (χ0n) is 20.0. The first-order chi connectivity index (χ1) is 18.3. The average molecular weight is 514 g/mol. The largest absolute Gasteiger partial charge is 0.504 e.